The number of carboxylic acid groups (broad SMARTS) is 1. The molecule has 0 heterocycles. The number of nitrogens with zero attached hydrogens (tertiary/aromatic N) is 1. The lowest BCUT2D eigenvalue weighted by Crippen LogP contribution is -2.54. The van der Waals surface area contributed by atoms with Crippen LogP contribution >= 0.6 is 23.2 Å². The maximum Gasteiger partial charge on any atom is 0.329 e. The monoisotopic (exact) mass is 333 g/mol. The van der Waals surface area contributed by atoms with Crippen LogP contribution in [0.3, 0.4) is 0 Å². The molecule has 0 aliphatic heterocycles. The quantitative estimate of drug-likeness (QED) is 0.868. The van der Waals surface area contributed by atoms with Crippen molar-refractivity contribution in [1.29, 1.82) is 0 Å². The van der Waals surface area contributed by atoms with Gasteiger partial charge in [-0.3, -0.25) is 4.79 Å². The molecule has 0 radical (unpaired) electrons. The van der Waals surface area contributed by atoms with E-state index in [2.05, 4.69) is 0 Å². The molecule has 1 rings (SSSR count). The third kappa shape index (κ3) is 4.25. The zero-order chi connectivity index (χ0) is 16.2. The number of hydrogen-bond donors (Lipinski definition) is 1. The number of amides is 1. The molecule has 7 heteroatoms. The van der Waals surface area contributed by atoms with Gasteiger partial charge in [-0.2, -0.15) is 0 Å². The van der Waals surface area contributed by atoms with Crippen LogP contribution in [-0.4, -0.2) is 40.6 Å². The number of carbonyl (C=O) groups excluding carboxylic acids is 1. The molecule has 116 valence electrons. The summed E-state index contributed by atoms with van der Waals surface area (Å²) in [5.41, 5.74) is -1.30. The van der Waals surface area contributed by atoms with Crippen LogP contribution in [0, 0.1) is 0 Å². The Balaban J connectivity index is 2.75. The number of benzene rings is 1. The zero-order valence-electron chi connectivity index (χ0n) is 12.0. The average Bonchev–Trinajstić information content (AvgIpc) is 2.40. The van der Waals surface area contributed by atoms with E-state index in [1.54, 1.807) is 19.1 Å². The maximum atomic E-state index is 12.1. The van der Waals surface area contributed by atoms with Crippen LogP contribution in [0.4, 0.5) is 0 Å². The summed E-state index contributed by atoms with van der Waals surface area (Å²) < 4.78 is 5.33. The number of carbonyl (C=O) groups is 2. The summed E-state index contributed by atoms with van der Waals surface area (Å²) in [4.78, 5) is 24.6. The van der Waals surface area contributed by atoms with E-state index in [0.29, 0.717) is 15.8 Å². The summed E-state index contributed by atoms with van der Waals surface area (Å²) in [6.07, 6.45) is 0. The fourth-order valence-corrected chi connectivity index (χ4v) is 2.08. The first-order valence-corrected chi connectivity index (χ1v) is 7.07. The Labute approximate surface area is 133 Å². The van der Waals surface area contributed by atoms with Crippen molar-refractivity contribution in [2.75, 3.05) is 13.2 Å². The van der Waals surface area contributed by atoms with Gasteiger partial charge in [-0.15, -0.1) is 0 Å². The first kappa shape index (κ1) is 17.6. The average molecular weight is 334 g/mol. The smallest absolute Gasteiger partial charge is 0.329 e. The van der Waals surface area contributed by atoms with Crippen LogP contribution in [0.25, 0.3) is 0 Å². The van der Waals surface area contributed by atoms with Gasteiger partial charge in [-0.1, -0.05) is 23.2 Å². The predicted molar refractivity (Wildman–Crippen MR) is 81.1 cm³/mol. The van der Waals surface area contributed by atoms with Crippen molar-refractivity contribution in [3.63, 3.8) is 0 Å². The molecule has 0 bridgehead atoms. The number of rotatable bonds is 6. The van der Waals surface area contributed by atoms with E-state index in [1.807, 2.05) is 0 Å². The first-order chi connectivity index (χ1) is 9.70. The molecule has 5 nitrogen and oxygen atoms in total. The van der Waals surface area contributed by atoms with Crippen molar-refractivity contribution in [1.82, 2.24) is 4.90 Å². The molecule has 0 saturated heterocycles. The third-order valence-electron chi connectivity index (χ3n) is 3.07. The normalized spacial score (nSPS) is 11.1. The molecule has 1 aromatic rings. The van der Waals surface area contributed by atoms with Gasteiger partial charge >= 0.3 is 5.97 Å². The Bertz CT molecular complexity index is 546. The fourth-order valence-electron chi connectivity index (χ4n) is 1.79. The second-order valence-electron chi connectivity index (χ2n) is 4.87. The van der Waals surface area contributed by atoms with E-state index in [0.717, 1.165) is 0 Å². The summed E-state index contributed by atoms with van der Waals surface area (Å²) in [5.74, 6) is -1.11. The van der Waals surface area contributed by atoms with E-state index >= 15 is 0 Å². The Hall–Kier alpha value is -1.46. The lowest BCUT2D eigenvalue weighted by atomic mass is 10.0. The van der Waals surface area contributed by atoms with Gasteiger partial charge in [0.25, 0.3) is 5.91 Å². The fraction of sp³-hybridized carbons (Fsp3) is 0.429. The molecule has 0 aromatic heterocycles. The lowest BCUT2D eigenvalue weighted by Gasteiger charge is -2.34. The van der Waals surface area contributed by atoms with Gasteiger partial charge in [-0.25, -0.2) is 4.79 Å². The highest BCUT2D eigenvalue weighted by molar-refractivity contribution is 6.42. The number of likely N-dealkylation sites (N-methyl/N-ethyl adjacent to an activating group) is 1. The largest absolute Gasteiger partial charge is 0.484 e. The van der Waals surface area contributed by atoms with Crippen LogP contribution in [0.1, 0.15) is 20.8 Å². The van der Waals surface area contributed by atoms with Gasteiger partial charge in [-0.05, 0) is 32.9 Å². The summed E-state index contributed by atoms with van der Waals surface area (Å²) in [6, 6.07) is 4.64. The van der Waals surface area contributed by atoms with Crippen LogP contribution in [0.2, 0.25) is 10.0 Å². The van der Waals surface area contributed by atoms with Gasteiger partial charge in [0.05, 0.1) is 10.0 Å². The van der Waals surface area contributed by atoms with Crippen LogP contribution in [-0.2, 0) is 9.59 Å². The number of carboxylic acids is 1. The zero-order valence-corrected chi connectivity index (χ0v) is 13.5. The maximum absolute atomic E-state index is 12.1. The molecule has 0 aliphatic carbocycles. The Kier molecular flexibility index (Phi) is 5.87. The van der Waals surface area contributed by atoms with Gasteiger partial charge in [0.1, 0.15) is 11.3 Å². The topological polar surface area (TPSA) is 66.8 Å². The number of hydrogen-bond acceptors (Lipinski definition) is 3. The lowest BCUT2D eigenvalue weighted by molar-refractivity contribution is -0.157. The Morgan fingerprint density at radius 2 is 1.90 bits per heavy atom. The van der Waals surface area contributed by atoms with E-state index in [1.165, 1.54) is 24.8 Å². The van der Waals surface area contributed by atoms with Crippen molar-refractivity contribution < 1.29 is 19.4 Å². The van der Waals surface area contributed by atoms with E-state index in [9.17, 15) is 14.7 Å². The Morgan fingerprint density at radius 1 is 1.29 bits per heavy atom. The molecule has 0 atom stereocenters. The van der Waals surface area contributed by atoms with Crippen molar-refractivity contribution in [3.05, 3.63) is 28.2 Å². The summed E-state index contributed by atoms with van der Waals surface area (Å²) >= 11 is 11.6. The SMILES string of the molecule is CCN(C(=O)COc1ccc(Cl)c(Cl)c1)C(C)(C)C(=O)O. The van der Waals surface area contributed by atoms with E-state index in [-0.39, 0.29) is 13.2 Å². The minimum absolute atomic E-state index is 0.267. The molecule has 0 aliphatic rings. The summed E-state index contributed by atoms with van der Waals surface area (Å²) in [5, 5.41) is 9.88. The number of ether oxygens (including phenoxy) is 1. The molecule has 0 fully saturated rings. The molecule has 1 aromatic carbocycles. The molecule has 0 spiro atoms. The van der Waals surface area contributed by atoms with Crippen molar-refractivity contribution >= 4 is 35.1 Å². The minimum Gasteiger partial charge on any atom is -0.484 e. The third-order valence-corrected chi connectivity index (χ3v) is 3.81. The van der Waals surface area contributed by atoms with Crippen LogP contribution < -0.4 is 4.74 Å². The van der Waals surface area contributed by atoms with Crippen molar-refractivity contribution in [2.24, 2.45) is 0 Å². The highest BCUT2D eigenvalue weighted by Crippen LogP contribution is 2.26. The molecular formula is C14H17Cl2NO4. The van der Waals surface area contributed by atoms with Gasteiger partial charge in [0.15, 0.2) is 6.61 Å². The van der Waals surface area contributed by atoms with Crippen LogP contribution in [0.5, 0.6) is 5.75 Å². The second-order valence-corrected chi connectivity index (χ2v) is 5.68. The van der Waals surface area contributed by atoms with Crippen LogP contribution in [0.15, 0.2) is 18.2 Å². The van der Waals surface area contributed by atoms with Crippen molar-refractivity contribution in [2.45, 2.75) is 26.3 Å². The van der Waals surface area contributed by atoms with Crippen molar-refractivity contribution in [3.8, 4) is 5.75 Å². The number of halogens is 2. The molecule has 21 heavy (non-hydrogen) atoms. The molecule has 1 N–H and O–H groups in total. The molecule has 1 amide bonds. The second kappa shape index (κ2) is 7.00. The van der Waals surface area contributed by atoms with Gasteiger partial charge in [0, 0.05) is 12.6 Å². The van der Waals surface area contributed by atoms with Gasteiger partial charge in [0.2, 0.25) is 0 Å². The molecule has 0 unspecified atom stereocenters. The van der Waals surface area contributed by atoms with E-state index in [4.69, 9.17) is 27.9 Å². The molecular weight excluding hydrogens is 317 g/mol. The minimum atomic E-state index is -1.30. The summed E-state index contributed by atoms with van der Waals surface area (Å²) in [6.45, 7) is 4.64. The predicted octanol–water partition coefficient (Wildman–Crippen LogP) is 3.08. The molecule has 0 saturated carbocycles. The highest BCUT2D eigenvalue weighted by atomic mass is 35.5. The van der Waals surface area contributed by atoms with Gasteiger partial charge < -0.3 is 14.7 Å². The summed E-state index contributed by atoms with van der Waals surface area (Å²) in [7, 11) is 0. The highest BCUT2D eigenvalue weighted by Gasteiger charge is 2.36. The number of aliphatic carboxylic acids is 1. The van der Waals surface area contributed by atoms with E-state index < -0.39 is 17.4 Å². The standard InChI is InChI=1S/C14H17Cl2NO4/c1-4-17(14(2,3)13(19)20)12(18)8-21-9-5-6-10(15)11(16)7-9/h5-7H,4,8H2,1-3H3,(H,19,20). The Morgan fingerprint density at radius 3 is 2.38 bits per heavy atom. The first-order valence-electron chi connectivity index (χ1n) is 6.31.